The van der Waals surface area contributed by atoms with E-state index in [-0.39, 0.29) is 11.9 Å². The van der Waals surface area contributed by atoms with Gasteiger partial charge in [0.25, 0.3) is 5.91 Å². The third-order valence-corrected chi connectivity index (χ3v) is 4.92. The fraction of sp³-hybridized carbons (Fsp3) is 0.286. The van der Waals surface area contributed by atoms with Gasteiger partial charge in [-0.15, -0.1) is 0 Å². The number of fused-ring (bicyclic) bond motifs is 1. The van der Waals surface area contributed by atoms with Crippen LogP contribution in [0.2, 0.25) is 0 Å². The molecule has 4 rings (SSSR count). The van der Waals surface area contributed by atoms with E-state index in [1.807, 2.05) is 48.5 Å². The Labute approximate surface area is 147 Å². The van der Waals surface area contributed by atoms with Crippen LogP contribution in [-0.2, 0) is 0 Å². The summed E-state index contributed by atoms with van der Waals surface area (Å²) in [5, 5.41) is 5.31. The number of nitrogens with one attached hydrogen (secondary N) is 1. The van der Waals surface area contributed by atoms with E-state index < -0.39 is 0 Å². The molecule has 1 aromatic heterocycles. The SMILES string of the molecule is O=C(NC[C@@H](c1ccco1)N1CCCC1)c1ccc2ccccc2c1. The summed E-state index contributed by atoms with van der Waals surface area (Å²) in [7, 11) is 0. The zero-order chi connectivity index (χ0) is 17.1. The van der Waals surface area contributed by atoms with Gasteiger partial charge in [-0.3, -0.25) is 9.69 Å². The number of benzene rings is 2. The van der Waals surface area contributed by atoms with Crippen molar-refractivity contribution in [2.45, 2.75) is 18.9 Å². The zero-order valence-electron chi connectivity index (χ0n) is 14.2. The summed E-state index contributed by atoms with van der Waals surface area (Å²) < 4.78 is 5.61. The molecule has 25 heavy (non-hydrogen) atoms. The highest BCUT2D eigenvalue weighted by molar-refractivity contribution is 5.98. The van der Waals surface area contributed by atoms with Crippen molar-refractivity contribution in [2.75, 3.05) is 19.6 Å². The summed E-state index contributed by atoms with van der Waals surface area (Å²) in [5.74, 6) is 0.877. The molecule has 1 aliphatic heterocycles. The van der Waals surface area contributed by atoms with E-state index in [0.29, 0.717) is 12.1 Å². The highest BCUT2D eigenvalue weighted by atomic mass is 16.3. The lowest BCUT2D eigenvalue weighted by Gasteiger charge is -2.26. The van der Waals surface area contributed by atoms with Crippen molar-refractivity contribution in [3.63, 3.8) is 0 Å². The quantitative estimate of drug-likeness (QED) is 0.767. The number of hydrogen-bond acceptors (Lipinski definition) is 3. The Morgan fingerprint density at radius 1 is 1.04 bits per heavy atom. The Kier molecular flexibility index (Phi) is 4.53. The van der Waals surface area contributed by atoms with Gasteiger partial charge in [0.15, 0.2) is 0 Å². The molecule has 0 bridgehead atoms. The van der Waals surface area contributed by atoms with Crippen LogP contribution in [0.15, 0.2) is 65.3 Å². The van der Waals surface area contributed by atoms with E-state index >= 15 is 0 Å². The maximum atomic E-state index is 12.6. The Hall–Kier alpha value is -2.59. The molecule has 0 saturated carbocycles. The summed E-state index contributed by atoms with van der Waals surface area (Å²) >= 11 is 0. The lowest BCUT2D eigenvalue weighted by Crippen LogP contribution is -2.36. The first-order chi connectivity index (χ1) is 12.3. The number of rotatable bonds is 5. The van der Waals surface area contributed by atoms with Crippen molar-refractivity contribution >= 4 is 16.7 Å². The summed E-state index contributed by atoms with van der Waals surface area (Å²) in [6, 6.07) is 17.9. The number of likely N-dealkylation sites (tertiary alicyclic amines) is 1. The van der Waals surface area contributed by atoms with Crippen molar-refractivity contribution in [1.29, 1.82) is 0 Å². The summed E-state index contributed by atoms with van der Waals surface area (Å²) in [5.41, 5.74) is 0.693. The van der Waals surface area contributed by atoms with Crippen LogP contribution in [0.25, 0.3) is 10.8 Å². The fourth-order valence-corrected chi connectivity index (χ4v) is 3.57. The van der Waals surface area contributed by atoms with Crippen molar-refractivity contribution < 1.29 is 9.21 Å². The lowest BCUT2D eigenvalue weighted by molar-refractivity contribution is 0.0934. The van der Waals surface area contributed by atoms with Crippen molar-refractivity contribution in [3.8, 4) is 0 Å². The van der Waals surface area contributed by atoms with E-state index in [0.717, 1.165) is 29.6 Å². The smallest absolute Gasteiger partial charge is 0.251 e. The van der Waals surface area contributed by atoms with Gasteiger partial charge in [0, 0.05) is 12.1 Å². The molecular weight excluding hydrogens is 312 g/mol. The van der Waals surface area contributed by atoms with Gasteiger partial charge in [0.1, 0.15) is 5.76 Å². The normalized spacial score (nSPS) is 16.2. The van der Waals surface area contributed by atoms with Gasteiger partial charge in [-0.1, -0.05) is 30.3 Å². The molecule has 0 radical (unpaired) electrons. The van der Waals surface area contributed by atoms with Crippen molar-refractivity contribution in [1.82, 2.24) is 10.2 Å². The van der Waals surface area contributed by atoms with Crippen molar-refractivity contribution in [3.05, 3.63) is 72.2 Å². The topological polar surface area (TPSA) is 45.5 Å². The first-order valence-electron chi connectivity index (χ1n) is 8.86. The van der Waals surface area contributed by atoms with Crippen LogP contribution in [0, 0.1) is 0 Å². The maximum Gasteiger partial charge on any atom is 0.251 e. The molecule has 1 N–H and O–H groups in total. The number of furan rings is 1. The number of hydrogen-bond donors (Lipinski definition) is 1. The molecule has 2 heterocycles. The molecule has 1 atom stereocenters. The van der Waals surface area contributed by atoms with Gasteiger partial charge in [-0.2, -0.15) is 0 Å². The van der Waals surface area contributed by atoms with Crippen LogP contribution in [0.5, 0.6) is 0 Å². The highest BCUT2D eigenvalue weighted by Gasteiger charge is 2.26. The van der Waals surface area contributed by atoms with Crippen LogP contribution in [0.4, 0.5) is 0 Å². The third kappa shape index (κ3) is 3.44. The van der Waals surface area contributed by atoms with Gasteiger partial charge >= 0.3 is 0 Å². The van der Waals surface area contributed by atoms with Gasteiger partial charge in [0.05, 0.1) is 12.3 Å². The average Bonchev–Trinajstić information content (AvgIpc) is 3.36. The van der Waals surface area contributed by atoms with Crippen LogP contribution >= 0.6 is 0 Å². The maximum absolute atomic E-state index is 12.6. The van der Waals surface area contributed by atoms with Gasteiger partial charge in [-0.05, 0) is 61.0 Å². The minimum absolute atomic E-state index is 0.0403. The van der Waals surface area contributed by atoms with Crippen LogP contribution in [0.1, 0.15) is 35.0 Å². The van der Waals surface area contributed by atoms with Gasteiger partial charge < -0.3 is 9.73 Å². The second-order valence-corrected chi connectivity index (χ2v) is 6.55. The van der Waals surface area contributed by atoms with Gasteiger partial charge in [0.2, 0.25) is 0 Å². The van der Waals surface area contributed by atoms with Crippen LogP contribution in [-0.4, -0.2) is 30.4 Å². The predicted octanol–water partition coefficient (Wildman–Crippen LogP) is 4.00. The van der Waals surface area contributed by atoms with E-state index in [4.69, 9.17) is 4.42 Å². The summed E-state index contributed by atoms with van der Waals surface area (Å²) in [4.78, 5) is 15.0. The molecule has 4 nitrogen and oxygen atoms in total. The fourth-order valence-electron chi connectivity index (χ4n) is 3.57. The molecule has 2 aromatic carbocycles. The lowest BCUT2D eigenvalue weighted by atomic mass is 10.1. The minimum Gasteiger partial charge on any atom is -0.468 e. The molecule has 1 saturated heterocycles. The Balaban J connectivity index is 1.48. The minimum atomic E-state index is -0.0403. The summed E-state index contributed by atoms with van der Waals surface area (Å²) in [6.45, 7) is 2.66. The van der Waals surface area contributed by atoms with E-state index in [2.05, 4.69) is 16.3 Å². The predicted molar refractivity (Wildman–Crippen MR) is 98.5 cm³/mol. The van der Waals surface area contributed by atoms with Crippen LogP contribution in [0.3, 0.4) is 0 Å². The number of nitrogens with zero attached hydrogens (tertiary/aromatic N) is 1. The monoisotopic (exact) mass is 334 g/mol. The van der Waals surface area contributed by atoms with E-state index in [9.17, 15) is 4.79 Å². The molecule has 128 valence electrons. The Morgan fingerprint density at radius 3 is 2.60 bits per heavy atom. The zero-order valence-corrected chi connectivity index (χ0v) is 14.2. The number of carbonyl (C=O) groups excluding carboxylic acids is 1. The highest BCUT2D eigenvalue weighted by Crippen LogP contribution is 2.25. The Morgan fingerprint density at radius 2 is 1.84 bits per heavy atom. The van der Waals surface area contributed by atoms with Gasteiger partial charge in [-0.25, -0.2) is 0 Å². The molecule has 1 amide bonds. The molecule has 4 heteroatoms. The first kappa shape index (κ1) is 15.9. The molecule has 1 aliphatic rings. The molecule has 1 fully saturated rings. The average molecular weight is 334 g/mol. The molecule has 0 unspecified atom stereocenters. The molecule has 3 aromatic rings. The Bertz CT molecular complexity index is 851. The molecular formula is C21H22N2O2. The number of carbonyl (C=O) groups is 1. The van der Waals surface area contributed by atoms with E-state index in [1.54, 1.807) is 6.26 Å². The summed E-state index contributed by atoms with van der Waals surface area (Å²) in [6.07, 6.45) is 4.11. The van der Waals surface area contributed by atoms with E-state index in [1.165, 1.54) is 12.8 Å². The van der Waals surface area contributed by atoms with Crippen molar-refractivity contribution in [2.24, 2.45) is 0 Å². The third-order valence-electron chi connectivity index (χ3n) is 4.92. The molecule has 0 spiro atoms. The first-order valence-corrected chi connectivity index (χ1v) is 8.86. The second-order valence-electron chi connectivity index (χ2n) is 6.55. The molecule has 0 aliphatic carbocycles. The standard InChI is InChI=1S/C21H22N2O2/c24-21(18-10-9-16-6-1-2-7-17(16)14-18)22-15-19(20-8-5-13-25-20)23-11-3-4-12-23/h1-2,5-10,13-14,19H,3-4,11-12,15H2,(H,22,24)/t19-/m0/s1. The number of amides is 1. The second kappa shape index (κ2) is 7.11. The largest absolute Gasteiger partial charge is 0.468 e. The van der Waals surface area contributed by atoms with Crippen LogP contribution < -0.4 is 5.32 Å².